The lowest BCUT2D eigenvalue weighted by Crippen LogP contribution is -2.38. The number of carboxylic acids is 1. The topological polar surface area (TPSA) is 76.6 Å². The van der Waals surface area contributed by atoms with Gasteiger partial charge in [0.25, 0.3) is 5.56 Å². The Labute approximate surface area is 244 Å². The summed E-state index contributed by atoms with van der Waals surface area (Å²) in [5, 5.41) is 9.27. The van der Waals surface area contributed by atoms with Gasteiger partial charge >= 0.3 is 5.97 Å². The van der Waals surface area contributed by atoms with Crippen molar-refractivity contribution < 1.29 is 14.3 Å². The van der Waals surface area contributed by atoms with Gasteiger partial charge in [0, 0.05) is 22.6 Å². The van der Waals surface area contributed by atoms with Crippen molar-refractivity contribution in [1.29, 1.82) is 0 Å². The van der Waals surface area contributed by atoms with Crippen LogP contribution in [0.5, 0.6) is 0 Å². The number of aromatic carboxylic acids is 1. The van der Waals surface area contributed by atoms with Crippen molar-refractivity contribution in [1.82, 2.24) is 9.13 Å². The minimum absolute atomic E-state index is 0.130. The van der Waals surface area contributed by atoms with Gasteiger partial charge in [-0.25, -0.2) is 14.2 Å². The molecule has 2 aromatic heterocycles. The molecule has 1 N–H and O–H groups in total. The molecule has 0 radical (unpaired) electrons. The molecule has 1 atom stereocenters. The minimum Gasteiger partial charge on any atom is -0.478 e. The first-order valence-electron chi connectivity index (χ1n) is 13.7. The number of carbonyl (C=O) groups is 1. The van der Waals surface area contributed by atoms with Gasteiger partial charge < -0.3 is 9.67 Å². The number of fused-ring (bicyclic) bond motifs is 3. The molecule has 0 fully saturated rings. The highest BCUT2D eigenvalue weighted by atomic mass is 32.1. The Morgan fingerprint density at radius 2 is 1.76 bits per heavy atom. The van der Waals surface area contributed by atoms with Crippen molar-refractivity contribution in [3.8, 4) is 5.69 Å². The van der Waals surface area contributed by atoms with Crippen molar-refractivity contribution in [3.05, 3.63) is 149 Å². The first kappa shape index (κ1) is 26.1. The first-order valence-corrected chi connectivity index (χ1v) is 14.5. The normalized spacial score (nSPS) is 16.1. The monoisotopic (exact) mass is 575 g/mol. The van der Waals surface area contributed by atoms with E-state index < -0.39 is 5.97 Å². The molecule has 1 aliphatic carbocycles. The zero-order valence-electron chi connectivity index (χ0n) is 23.0. The molecule has 2 aliphatic rings. The maximum atomic E-state index is 14.1. The van der Waals surface area contributed by atoms with Crippen molar-refractivity contribution in [2.45, 2.75) is 32.7 Å². The zero-order valence-corrected chi connectivity index (χ0v) is 23.8. The van der Waals surface area contributed by atoms with Crippen LogP contribution in [0.2, 0.25) is 0 Å². The SMILES string of the molecule is Cc1cc(/C=c2/sc3n(c2=O)[C@@H](c2ccc(F)cc2)C2=C(N=3)c3ccccc3CC2)c(C)n1-c1ccc(C(=O)O)cc1. The molecule has 0 saturated carbocycles. The van der Waals surface area contributed by atoms with Gasteiger partial charge in [-0.15, -0.1) is 0 Å². The Morgan fingerprint density at radius 1 is 1.02 bits per heavy atom. The number of nitrogens with zero attached hydrogens (tertiary/aromatic N) is 3. The number of hydrogen-bond donors (Lipinski definition) is 1. The van der Waals surface area contributed by atoms with E-state index >= 15 is 0 Å². The van der Waals surface area contributed by atoms with E-state index in [1.807, 2.05) is 42.7 Å². The second-order valence-electron chi connectivity index (χ2n) is 10.7. The van der Waals surface area contributed by atoms with Crippen molar-refractivity contribution in [2.24, 2.45) is 4.99 Å². The van der Waals surface area contributed by atoms with E-state index in [0.29, 0.717) is 9.33 Å². The Bertz CT molecular complexity index is 2120. The molecule has 0 amide bonds. The maximum absolute atomic E-state index is 14.1. The Hall–Kier alpha value is -4.82. The van der Waals surface area contributed by atoms with Crippen molar-refractivity contribution >= 4 is 29.1 Å². The lowest BCUT2D eigenvalue weighted by molar-refractivity contribution is 0.0697. The standard InChI is InChI=1S/C34H26FN3O3S/c1-19-17-24(20(2)37(19)26-14-9-23(10-15-26)33(40)41)18-29-32(39)38-31(22-7-12-25(35)13-8-22)28-16-11-21-5-3-4-6-27(21)30(28)36-34(38)42-29/h3-10,12-15,17-18,31H,11,16H2,1-2H3,(H,40,41)/b29-18+/t31-/m0/s1. The molecule has 42 heavy (non-hydrogen) atoms. The Kier molecular flexibility index (Phi) is 6.17. The number of halogens is 1. The van der Waals surface area contributed by atoms with Gasteiger partial charge in [-0.3, -0.25) is 9.36 Å². The highest BCUT2D eigenvalue weighted by Gasteiger charge is 2.32. The highest BCUT2D eigenvalue weighted by Crippen LogP contribution is 2.41. The van der Waals surface area contributed by atoms with Crippen LogP contribution < -0.4 is 14.9 Å². The average molecular weight is 576 g/mol. The predicted octanol–water partition coefficient (Wildman–Crippen LogP) is 5.56. The van der Waals surface area contributed by atoms with Crippen LogP contribution >= 0.6 is 11.3 Å². The van der Waals surface area contributed by atoms with Crippen LogP contribution in [0.25, 0.3) is 17.5 Å². The number of hydrogen-bond acceptors (Lipinski definition) is 4. The lowest BCUT2D eigenvalue weighted by Gasteiger charge is -2.30. The molecule has 0 bridgehead atoms. The number of aryl methyl sites for hydroxylation is 2. The summed E-state index contributed by atoms with van der Waals surface area (Å²) in [6, 6.07) is 23.1. The maximum Gasteiger partial charge on any atom is 0.335 e. The number of rotatable bonds is 4. The van der Waals surface area contributed by atoms with Crippen LogP contribution in [0.15, 0.2) is 94.2 Å². The number of allylic oxidation sites excluding steroid dienone is 1. The smallest absolute Gasteiger partial charge is 0.335 e. The first-order chi connectivity index (χ1) is 20.3. The molecule has 0 spiro atoms. The predicted molar refractivity (Wildman–Crippen MR) is 161 cm³/mol. The van der Waals surface area contributed by atoms with Gasteiger partial charge in [0.1, 0.15) is 5.82 Å². The minimum atomic E-state index is -0.970. The van der Waals surface area contributed by atoms with Gasteiger partial charge in [0.05, 0.1) is 21.8 Å². The summed E-state index contributed by atoms with van der Waals surface area (Å²) in [6.45, 7) is 3.97. The molecule has 3 heterocycles. The second kappa shape index (κ2) is 9.92. The molecule has 0 unspecified atom stereocenters. The average Bonchev–Trinajstić information content (AvgIpc) is 3.45. The molecule has 208 valence electrons. The van der Waals surface area contributed by atoms with Gasteiger partial charge in [0.2, 0.25) is 0 Å². The second-order valence-corrected chi connectivity index (χ2v) is 11.7. The summed E-state index contributed by atoms with van der Waals surface area (Å²) in [7, 11) is 0. The van der Waals surface area contributed by atoms with Gasteiger partial charge in [-0.2, -0.15) is 0 Å². The summed E-state index contributed by atoms with van der Waals surface area (Å²) in [4.78, 5) is 31.1. The fourth-order valence-electron chi connectivity index (χ4n) is 6.19. The third kappa shape index (κ3) is 4.18. The fourth-order valence-corrected chi connectivity index (χ4v) is 7.18. The Balaban J connectivity index is 1.40. The molecule has 3 aromatic carbocycles. The van der Waals surface area contributed by atoms with E-state index in [2.05, 4.69) is 12.1 Å². The van der Waals surface area contributed by atoms with Gasteiger partial charge in [0.15, 0.2) is 4.80 Å². The van der Waals surface area contributed by atoms with Crippen LogP contribution in [0.4, 0.5) is 4.39 Å². The summed E-state index contributed by atoms with van der Waals surface area (Å²) in [6.07, 6.45) is 3.53. The van der Waals surface area contributed by atoms with Crippen LogP contribution in [0, 0.1) is 19.7 Å². The van der Waals surface area contributed by atoms with E-state index in [4.69, 9.17) is 4.99 Å². The molecular formula is C34H26FN3O3S. The van der Waals surface area contributed by atoms with E-state index in [1.54, 1.807) is 41.0 Å². The summed E-state index contributed by atoms with van der Waals surface area (Å²) in [5.74, 6) is -1.29. The lowest BCUT2D eigenvalue weighted by atomic mass is 9.83. The van der Waals surface area contributed by atoms with Crippen LogP contribution in [-0.2, 0) is 6.42 Å². The molecule has 0 saturated heterocycles. The van der Waals surface area contributed by atoms with Crippen LogP contribution in [-0.4, -0.2) is 20.2 Å². The van der Waals surface area contributed by atoms with E-state index in [-0.39, 0.29) is 23.0 Å². The largest absolute Gasteiger partial charge is 0.478 e. The van der Waals surface area contributed by atoms with Crippen LogP contribution in [0.3, 0.4) is 0 Å². The molecule has 6 nitrogen and oxygen atoms in total. The van der Waals surface area contributed by atoms with E-state index in [1.165, 1.54) is 29.0 Å². The summed E-state index contributed by atoms with van der Waals surface area (Å²) in [5.41, 5.74) is 8.89. The highest BCUT2D eigenvalue weighted by molar-refractivity contribution is 7.07. The van der Waals surface area contributed by atoms with Gasteiger partial charge in [-0.05, 0) is 97.5 Å². The number of carboxylic acid groups (broad SMARTS) is 1. The molecular weight excluding hydrogens is 549 g/mol. The quantitative estimate of drug-likeness (QED) is 0.305. The fraction of sp³-hybridized carbons (Fsp3) is 0.147. The molecule has 1 aliphatic heterocycles. The summed E-state index contributed by atoms with van der Waals surface area (Å²) < 4.78 is 18.3. The zero-order chi connectivity index (χ0) is 29.1. The van der Waals surface area contributed by atoms with Crippen molar-refractivity contribution in [2.75, 3.05) is 0 Å². The van der Waals surface area contributed by atoms with Gasteiger partial charge in [-0.1, -0.05) is 47.7 Å². The third-order valence-electron chi connectivity index (χ3n) is 8.19. The molecule has 8 heteroatoms. The Morgan fingerprint density at radius 3 is 2.50 bits per heavy atom. The molecule has 5 aromatic rings. The number of thiazole rings is 1. The number of aromatic nitrogens is 2. The third-order valence-corrected chi connectivity index (χ3v) is 9.17. The van der Waals surface area contributed by atoms with Crippen LogP contribution in [0.1, 0.15) is 56.5 Å². The molecule has 7 rings (SSSR count). The van der Waals surface area contributed by atoms with E-state index in [9.17, 15) is 19.1 Å². The summed E-state index contributed by atoms with van der Waals surface area (Å²) >= 11 is 1.36. The van der Waals surface area contributed by atoms with Crippen molar-refractivity contribution in [3.63, 3.8) is 0 Å². The number of benzene rings is 3. The van der Waals surface area contributed by atoms with E-state index in [0.717, 1.165) is 57.9 Å².